The molecule has 1 N–H and O–H groups in total. The lowest BCUT2D eigenvalue weighted by molar-refractivity contribution is -0.114. The van der Waals surface area contributed by atoms with Gasteiger partial charge in [-0.25, -0.2) is 9.67 Å². The van der Waals surface area contributed by atoms with Crippen LogP contribution in [0.3, 0.4) is 0 Å². The van der Waals surface area contributed by atoms with E-state index in [4.69, 9.17) is 9.15 Å². The van der Waals surface area contributed by atoms with Crippen LogP contribution in [0, 0.1) is 0 Å². The Morgan fingerprint density at radius 2 is 1.97 bits per heavy atom. The van der Waals surface area contributed by atoms with Crippen molar-refractivity contribution in [2.45, 2.75) is 18.7 Å². The summed E-state index contributed by atoms with van der Waals surface area (Å²) in [6, 6.07) is 19.4. The number of rotatable bonds is 9. The van der Waals surface area contributed by atoms with Gasteiger partial charge in [0.2, 0.25) is 5.16 Å². The molecule has 0 atom stereocenters. The zero-order valence-corrected chi connectivity index (χ0v) is 19.0. The van der Waals surface area contributed by atoms with Crippen LogP contribution in [0.5, 0.6) is 5.75 Å². The summed E-state index contributed by atoms with van der Waals surface area (Å²) in [7, 11) is 0. The first kappa shape index (κ1) is 21.7. The highest BCUT2D eigenvalue weighted by atomic mass is 32.2. The summed E-state index contributed by atoms with van der Waals surface area (Å²) in [4.78, 5) is 19.5. The molecule has 3 heterocycles. The third-order valence-electron chi connectivity index (χ3n) is 4.85. The molecule has 0 spiro atoms. The van der Waals surface area contributed by atoms with Gasteiger partial charge < -0.3 is 9.15 Å². The van der Waals surface area contributed by atoms with Gasteiger partial charge in [-0.2, -0.15) is 10.1 Å². The van der Waals surface area contributed by atoms with Gasteiger partial charge in [-0.3, -0.25) is 9.89 Å². The molecule has 0 bridgehead atoms. The molecular formula is C24H20N6O3S. The van der Waals surface area contributed by atoms with Gasteiger partial charge in [0.25, 0.3) is 0 Å². The molecule has 170 valence electrons. The normalized spacial score (nSPS) is 11.0. The van der Waals surface area contributed by atoms with Gasteiger partial charge in [0.05, 0.1) is 11.4 Å². The van der Waals surface area contributed by atoms with Crippen LogP contribution in [0.25, 0.3) is 28.6 Å². The second-order valence-corrected chi connectivity index (χ2v) is 8.39. The highest BCUT2D eigenvalue weighted by molar-refractivity contribution is 7.99. The molecule has 0 fully saturated rings. The van der Waals surface area contributed by atoms with Crippen LogP contribution in [0.1, 0.15) is 12.5 Å². The van der Waals surface area contributed by atoms with Gasteiger partial charge in [0.15, 0.2) is 11.6 Å². The lowest BCUT2D eigenvalue weighted by Gasteiger charge is -2.08. The average Bonchev–Trinajstić information content (AvgIpc) is 3.63. The molecule has 0 aliphatic rings. The van der Waals surface area contributed by atoms with Gasteiger partial charge in [0, 0.05) is 5.56 Å². The van der Waals surface area contributed by atoms with Crippen LogP contribution in [0.4, 0.5) is 0 Å². The fourth-order valence-corrected chi connectivity index (χ4v) is 3.80. The molecule has 0 aliphatic carbocycles. The molecule has 5 rings (SSSR count). The molecule has 9 nitrogen and oxygen atoms in total. The summed E-state index contributed by atoms with van der Waals surface area (Å²) in [6.07, 6.45) is 3.16. The number of benzene rings is 2. The third kappa shape index (κ3) is 5.07. The Kier molecular flexibility index (Phi) is 6.21. The number of H-pyrrole nitrogens is 1. The summed E-state index contributed by atoms with van der Waals surface area (Å²) in [5.41, 5.74) is 2.86. The van der Waals surface area contributed by atoms with Crippen molar-refractivity contribution in [3.05, 3.63) is 78.9 Å². The van der Waals surface area contributed by atoms with Crippen LogP contribution in [0.15, 0.2) is 82.9 Å². The number of carbonyl (C=O) groups is 1. The third-order valence-corrected chi connectivity index (χ3v) is 5.84. The van der Waals surface area contributed by atoms with Gasteiger partial charge >= 0.3 is 0 Å². The Bertz CT molecular complexity index is 1390. The first-order valence-electron chi connectivity index (χ1n) is 10.5. The van der Waals surface area contributed by atoms with Crippen molar-refractivity contribution < 1.29 is 13.9 Å². The Morgan fingerprint density at radius 3 is 2.76 bits per heavy atom. The van der Waals surface area contributed by atoms with Crippen LogP contribution < -0.4 is 4.74 Å². The molecule has 5 aromatic rings. The van der Waals surface area contributed by atoms with Crippen molar-refractivity contribution >= 4 is 17.5 Å². The first-order chi connectivity index (χ1) is 16.6. The number of ketones is 1. The molecule has 0 saturated carbocycles. The molecule has 34 heavy (non-hydrogen) atoms. The topological polar surface area (TPSA) is 112 Å². The van der Waals surface area contributed by atoms with Gasteiger partial charge in [-0.05, 0) is 48.9 Å². The van der Waals surface area contributed by atoms with E-state index in [-0.39, 0.29) is 5.78 Å². The maximum Gasteiger partial charge on any atom is 0.209 e. The molecule has 2 aromatic carbocycles. The van der Waals surface area contributed by atoms with E-state index in [0.717, 1.165) is 22.6 Å². The minimum Gasteiger partial charge on any atom is -0.489 e. The highest BCUT2D eigenvalue weighted by Crippen LogP contribution is 2.30. The number of carbonyl (C=O) groups excluding carboxylic acids is 1. The van der Waals surface area contributed by atoms with E-state index in [2.05, 4.69) is 25.3 Å². The highest BCUT2D eigenvalue weighted by Gasteiger charge is 2.13. The number of furan rings is 1. The predicted octanol–water partition coefficient (Wildman–Crippen LogP) is 4.57. The molecule has 0 radical (unpaired) electrons. The van der Waals surface area contributed by atoms with Crippen molar-refractivity contribution in [2.24, 2.45) is 0 Å². The summed E-state index contributed by atoms with van der Waals surface area (Å²) in [5, 5.41) is 11.6. The molecule has 0 unspecified atom stereocenters. The summed E-state index contributed by atoms with van der Waals surface area (Å²) in [5.74, 6) is 2.90. The van der Waals surface area contributed by atoms with E-state index in [1.54, 1.807) is 11.0 Å². The smallest absolute Gasteiger partial charge is 0.209 e. The zero-order chi connectivity index (χ0) is 23.3. The SMILES string of the molecule is CC(=O)CSc1n[nH]c(-c2ccc(-c3cccc(OCc4ccc(-n5cncn5)cc4)c3)o2)n1. The van der Waals surface area contributed by atoms with E-state index in [1.807, 2.05) is 60.7 Å². The predicted molar refractivity (Wildman–Crippen MR) is 127 cm³/mol. The summed E-state index contributed by atoms with van der Waals surface area (Å²) >= 11 is 1.28. The summed E-state index contributed by atoms with van der Waals surface area (Å²) < 4.78 is 13.7. The monoisotopic (exact) mass is 472 g/mol. The summed E-state index contributed by atoms with van der Waals surface area (Å²) in [6.45, 7) is 1.97. The molecule has 0 amide bonds. The minimum absolute atomic E-state index is 0.0718. The minimum atomic E-state index is 0.0718. The Hall–Kier alpha value is -4.18. The van der Waals surface area contributed by atoms with Crippen LogP contribution in [0.2, 0.25) is 0 Å². The second kappa shape index (κ2) is 9.75. The number of Topliss-reactive ketones (excluding diaryl/α,β-unsaturated/α-hetero) is 1. The van der Waals surface area contributed by atoms with Crippen LogP contribution in [-0.2, 0) is 11.4 Å². The van der Waals surface area contributed by atoms with Crippen molar-refractivity contribution in [1.29, 1.82) is 0 Å². The maximum absolute atomic E-state index is 11.1. The van der Waals surface area contributed by atoms with E-state index < -0.39 is 0 Å². The number of aromatic amines is 1. The lowest BCUT2D eigenvalue weighted by atomic mass is 10.1. The molecule has 3 aromatic heterocycles. The van der Waals surface area contributed by atoms with Crippen molar-refractivity contribution in [1.82, 2.24) is 29.9 Å². The number of ether oxygens (including phenoxy) is 1. The quantitative estimate of drug-likeness (QED) is 0.311. The molecular weight excluding hydrogens is 452 g/mol. The van der Waals surface area contributed by atoms with Gasteiger partial charge in [-0.15, -0.1) is 5.10 Å². The number of hydrogen-bond donors (Lipinski definition) is 1. The first-order valence-corrected chi connectivity index (χ1v) is 11.4. The number of thioether (sulfide) groups is 1. The van der Waals surface area contributed by atoms with E-state index in [1.165, 1.54) is 25.0 Å². The van der Waals surface area contributed by atoms with Crippen molar-refractivity contribution in [3.8, 4) is 34.3 Å². The van der Waals surface area contributed by atoms with E-state index in [0.29, 0.717) is 34.9 Å². The maximum atomic E-state index is 11.1. The van der Waals surface area contributed by atoms with E-state index in [9.17, 15) is 4.79 Å². The van der Waals surface area contributed by atoms with E-state index >= 15 is 0 Å². The zero-order valence-electron chi connectivity index (χ0n) is 18.2. The fourth-order valence-electron chi connectivity index (χ4n) is 3.20. The number of nitrogens with zero attached hydrogens (tertiary/aromatic N) is 5. The molecule has 0 aliphatic heterocycles. The van der Waals surface area contributed by atoms with Crippen molar-refractivity contribution in [3.63, 3.8) is 0 Å². The Morgan fingerprint density at radius 1 is 1.12 bits per heavy atom. The second-order valence-electron chi connectivity index (χ2n) is 7.44. The fraction of sp³-hybridized carbons (Fsp3) is 0.125. The lowest BCUT2D eigenvalue weighted by Crippen LogP contribution is -1.98. The number of aromatic nitrogens is 6. The van der Waals surface area contributed by atoms with Gasteiger partial charge in [0.1, 0.15) is 36.6 Å². The molecule has 0 saturated heterocycles. The average molecular weight is 473 g/mol. The largest absolute Gasteiger partial charge is 0.489 e. The van der Waals surface area contributed by atoms with Crippen LogP contribution >= 0.6 is 11.8 Å². The van der Waals surface area contributed by atoms with Crippen LogP contribution in [-0.4, -0.2) is 41.5 Å². The number of nitrogens with one attached hydrogen (secondary N) is 1. The van der Waals surface area contributed by atoms with Gasteiger partial charge in [-0.1, -0.05) is 36.0 Å². The van der Waals surface area contributed by atoms with Crippen molar-refractivity contribution in [2.75, 3.05) is 5.75 Å². The Labute approximate surface area is 199 Å². The molecule has 10 heteroatoms. The standard InChI is InChI=1S/C24H20N6O3S/c1-16(31)13-34-24-27-23(28-29-24)22-10-9-21(33-22)18-3-2-4-20(11-18)32-12-17-5-7-19(8-6-17)30-15-25-14-26-30/h2-11,14-15H,12-13H2,1H3,(H,27,28,29). The number of hydrogen-bond acceptors (Lipinski definition) is 8. The Balaban J connectivity index is 1.24.